The molecule has 0 aliphatic carbocycles. The fourth-order valence-electron chi connectivity index (χ4n) is 0.966. The van der Waals surface area contributed by atoms with Crippen molar-refractivity contribution in [3.63, 3.8) is 0 Å². The summed E-state index contributed by atoms with van der Waals surface area (Å²) in [5.74, 6) is 0.839. The molecule has 1 atom stereocenters. The van der Waals surface area contributed by atoms with E-state index >= 15 is 0 Å². The Balaban J connectivity index is 2.14. The van der Waals surface area contributed by atoms with E-state index < -0.39 is 0 Å². The molecule has 0 amide bonds. The molecule has 0 aromatic carbocycles. The summed E-state index contributed by atoms with van der Waals surface area (Å²) >= 11 is 6.66. The van der Waals surface area contributed by atoms with Crippen LogP contribution in [0.4, 0.5) is 0 Å². The minimum absolute atomic E-state index is 0.0264. The lowest BCUT2D eigenvalue weighted by Crippen LogP contribution is -2.47. The van der Waals surface area contributed by atoms with E-state index in [1.165, 1.54) is 0 Å². The summed E-state index contributed by atoms with van der Waals surface area (Å²) in [6.07, 6.45) is 1.86. The normalized spacial score (nSPS) is 22.3. The van der Waals surface area contributed by atoms with Crippen molar-refractivity contribution in [3.8, 4) is 0 Å². The smallest absolute Gasteiger partial charge is 0.141 e. The minimum Gasteiger partial charge on any atom is -0.356 e. The van der Waals surface area contributed by atoms with E-state index in [0.29, 0.717) is 0 Å². The average molecular weight is 218 g/mol. The first-order chi connectivity index (χ1) is 6.33. The molecule has 5 heteroatoms. The van der Waals surface area contributed by atoms with Gasteiger partial charge in [-0.05, 0) is 0 Å². The topological polar surface area (TPSA) is 33.3 Å². The second-order valence-electron chi connectivity index (χ2n) is 2.60. The van der Waals surface area contributed by atoms with Gasteiger partial charge in [0.15, 0.2) is 0 Å². The third-order valence-electron chi connectivity index (χ3n) is 1.54. The Bertz CT molecular complexity index is 181. The quantitative estimate of drug-likeness (QED) is 0.539. The Morgan fingerprint density at radius 3 is 3.31 bits per heavy atom. The first-order valence-corrected chi connectivity index (χ1v) is 5.59. The Kier molecular flexibility index (Phi) is 5.38. The van der Waals surface area contributed by atoms with Gasteiger partial charge in [-0.15, -0.1) is 6.58 Å². The van der Waals surface area contributed by atoms with Crippen LogP contribution in [0.1, 0.15) is 0 Å². The van der Waals surface area contributed by atoms with Crippen LogP contribution >= 0.6 is 24.0 Å². The molecule has 74 valence electrons. The van der Waals surface area contributed by atoms with Crippen LogP contribution in [0, 0.1) is 0 Å². The molecule has 1 fully saturated rings. The largest absolute Gasteiger partial charge is 0.356 e. The minimum atomic E-state index is 0.0264. The van der Waals surface area contributed by atoms with Crippen molar-refractivity contribution in [2.45, 2.75) is 6.23 Å². The number of nitrogens with one attached hydrogen (secondary N) is 2. The fourth-order valence-corrected chi connectivity index (χ4v) is 1.79. The molecule has 1 aliphatic rings. The van der Waals surface area contributed by atoms with Crippen LogP contribution in [0.5, 0.6) is 0 Å². The van der Waals surface area contributed by atoms with Gasteiger partial charge in [-0.2, -0.15) is 0 Å². The maximum Gasteiger partial charge on any atom is 0.141 e. The van der Waals surface area contributed by atoms with Crippen LogP contribution in [-0.4, -0.2) is 36.0 Å². The predicted octanol–water partition coefficient (Wildman–Crippen LogP) is 0.726. The summed E-state index contributed by atoms with van der Waals surface area (Å²) in [6.45, 7) is 6.11. The van der Waals surface area contributed by atoms with E-state index in [4.69, 9.17) is 17.0 Å². The van der Waals surface area contributed by atoms with Crippen LogP contribution in [0.15, 0.2) is 12.7 Å². The number of ether oxygens (including phenoxy) is 1. The van der Waals surface area contributed by atoms with E-state index in [-0.39, 0.29) is 6.23 Å². The highest BCUT2D eigenvalue weighted by atomic mass is 32.2. The van der Waals surface area contributed by atoms with Crippen LogP contribution in [0.25, 0.3) is 0 Å². The molecule has 3 nitrogen and oxygen atoms in total. The van der Waals surface area contributed by atoms with Gasteiger partial charge in [0, 0.05) is 18.8 Å². The maximum absolute atomic E-state index is 5.43. The van der Waals surface area contributed by atoms with E-state index in [0.717, 1.165) is 29.8 Å². The number of hydrogen-bond acceptors (Lipinski definition) is 4. The highest BCUT2D eigenvalue weighted by molar-refractivity contribution is 8.23. The van der Waals surface area contributed by atoms with Gasteiger partial charge in [0.1, 0.15) is 10.5 Å². The number of thiocarbonyl (C=S) groups is 1. The van der Waals surface area contributed by atoms with Gasteiger partial charge < -0.3 is 15.4 Å². The highest BCUT2D eigenvalue weighted by Gasteiger charge is 2.13. The molecule has 0 radical (unpaired) electrons. The molecule has 1 heterocycles. The zero-order chi connectivity index (χ0) is 9.52. The van der Waals surface area contributed by atoms with Gasteiger partial charge in [0.2, 0.25) is 0 Å². The second kappa shape index (κ2) is 6.37. The van der Waals surface area contributed by atoms with Crippen molar-refractivity contribution in [2.75, 3.05) is 25.4 Å². The number of morpholine rings is 1. The number of thioether (sulfide) groups is 1. The van der Waals surface area contributed by atoms with Crippen molar-refractivity contribution >= 4 is 28.3 Å². The zero-order valence-electron chi connectivity index (χ0n) is 7.41. The lowest BCUT2D eigenvalue weighted by Gasteiger charge is -2.25. The lowest BCUT2D eigenvalue weighted by atomic mass is 10.4. The van der Waals surface area contributed by atoms with Crippen molar-refractivity contribution < 1.29 is 4.74 Å². The summed E-state index contributed by atoms with van der Waals surface area (Å²) in [5, 5.41) is 6.34. The maximum atomic E-state index is 5.43. The van der Waals surface area contributed by atoms with Gasteiger partial charge in [-0.1, -0.05) is 30.1 Å². The zero-order valence-corrected chi connectivity index (χ0v) is 9.05. The summed E-state index contributed by atoms with van der Waals surface area (Å²) in [7, 11) is 0. The van der Waals surface area contributed by atoms with E-state index in [2.05, 4.69) is 17.2 Å². The van der Waals surface area contributed by atoms with Crippen LogP contribution in [0.2, 0.25) is 0 Å². The van der Waals surface area contributed by atoms with Crippen LogP contribution < -0.4 is 10.6 Å². The first kappa shape index (κ1) is 11.0. The fraction of sp³-hybridized carbons (Fsp3) is 0.625. The van der Waals surface area contributed by atoms with Gasteiger partial charge in [0.05, 0.1) is 6.61 Å². The van der Waals surface area contributed by atoms with Crippen molar-refractivity contribution in [3.05, 3.63) is 12.7 Å². The molecule has 1 saturated heterocycles. The summed E-state index contributed by atoms with van der Waals surface area (Å²) < 4.78 is 6.20. The molecular formula is C8H14N2OS2. The summed E-state index contributed by atoms with van der Waals surface area (Å²) in [6, 6.07) is 0. The van der Waals surface area contributed by atoms with Crippen molar-refractivity contribution in [1.29, 1.82) is 0 Å². The Labute approximate surface area is 88.3 Å². The van der Waals surface area contributed by atoms with Gasteiger partial charge in [-0.25, -0.2) is 0 Å². The van der Waals surface area contributed by atoms with Crippen molar-refractivity contribution in [2.24, 2.45) is 0 Å². The SMILES string of the molecule is C=CCSC(=S)NC1CNCCO1. The van der Waals surface area contributed by atoms with Crippen molar-refractivity contribution in [1.82, 2.24) is 10.6 Å². The monoisotopic (exact) mass is 218 g/mol. The van der Waals surface area contributed by atoms with E-state index in [1.54, 1.807) is 11.8 Å². The molecule has 0 bridgehead atoms. The van der Waals surface area contributed by atoms with Gasteiger partial charge in [0.25, 0.3) is 0 Å². The Morgan fingerprint density at radius 2 is 2.69 bits per heavy atom. The van der Waals surface area contributed by atoms with Crippen LogP contribution in [-0.2, 0) is 4.74 Å². The molecule has 2 N–H and O–H groups in total. The molecule has 0 saturated carbocycles. The van der Waals surface area contributed by atoms with Crippen LogP contribution in [0.3, 0.4) is 0 Å². The lowest BCUT2D eigenvalue weighted by molar-refractivity contribution is 0.0204. The van der Waals surface area contributed by atoms with Gasteiger partial charge in [-0.3, -0.25) is 0 Å². The second-order valence-corrected chi connectivity index (χ2v) is 4.29. The average Bonchev–Trinajstić information content (AvgIpc) is 2.16. The summed E-state index contributed by atoms with van der Waals surface area (Å²) in [5.41, 5.74) is 0. The predicted molar refractivity (Wildman–Crippen MR) is 61.0 cm³/mol. The van der Waals surface area contributed by atoms with E-state index in [9.17, 15) is 0 Å². The molecule has 0 spiro atoms. The third-order valence-corrected chi connectivity index (χ3v) is 2.79. The Morgan fingerprint density at radius 1 is 1.85 bits per heavy atom. The Hall–Kier alpha value is -0.100. The molecule has 0 aromatic rings. The molecule has 1 rings (SSSR count). The number of rotatable bonds is 3. The molecular weight excluding hydrogens is 204 g/mol. The van der Waals surface area contributed by atoms with Gasteiger partial charge >= 0.3 is 0 Å². The molecule has 13 heavy (non-hydrogen) atoms. The molecule has 1 aliphatic heterocycles. The third kappa shape index (κ3) is 4.61. The molecule has 1 unspecified atom stereocenters. The highest BCUT2D eigenvalue weighted by Crippen LogP contribution is 2.03. The first-order valence-electron chi connectivity index (χ1n) is 4.19. The van der Waals surface area contributed by atoms with E-state index in [1.807, 2.05) is 6.08 Å². The standard InChI is InChI=1S/C8H14N2OS2/c1-2-5-13-8(12)10-7-6-9-3-4-11-7/h2,7,9H,1,3-6H2,(H,10,12). The summed E-state index contributed by atoms with van der Waals surface area (Å²) in [4.78, 5) is 0. The molecule has 0 aromatic heterocycles. The number of hydrogen-bond donors (Lipinski definition) is 2.